The average Bonchev–Trinajstić information content (AvgIpc) is 2.66. The van der Waals surface area contributed by atoms with Gasteiger partial charge in [0.1, 0.15) is 17.4 Å². The van der Waals surface area contributed by atoms with E-state index in [4.69, 9.17) is 32.7 Å². The van der Waals surface area contributed by atoms with Gasteiger partial charge in [0.25, 0.3) is 5.70 Å². The first-order chi connectivity index (χ1) is 13.6. The van der Waals surface area contributed by atoms with E-state index in [1.807, 2.05) is 0 Å². The lowest BCUT2D eigenvalue weighted by Crippen LogP contribution is -2.60. The fraction of sp³-hybridized carbons (Fsp3) is 0.526. The van der Waals surface area contributed by atoms with Crippen LogP contribution in [0.25, 0.3) is 0 Å². The molecule has 0 aliphatic carbocycles. The van der Waals surface area contributed by atoms with Crippen LogP contribution in [-0.4, -0.2) is 47.4 Å². The molecule has 10 heteroatoms. The lowest BCUT2D eigenvalue weighted by atomic mass is 9.72. The standard InChI is InChI=1S/C19H22Cl2N2O6/c1-19(25)15(18(24)29-3)14(11-8-10(20)9-12(21)17(11)28-2)16(23(26)27)13-6-4-5-7-22(13)19/h8-9,14-15,25H,4-7H2,1-3H3/t14-,15-,19+/m0/s1. The molecule has 1 aromatic rings. The van der Waals surface area contributed by atoms with Gasteiger partial charge in [0.15, 0.2) is 0 Å². The molecular weight excluding hydrogens is 423 g/mol. The summed E-state index contributed by atoms with van der Waals surface area (Å²) in [6, 6.07) is 2.93. The van der Waals surface area contributed by atoms with Gasteiger partial charge in [-0.1, -0.05) is 23.2 Å². The molecule has 0 radical (unpaired) electrons. The zero-order valence-corrected chi connectivity index (χ0v) is 17.8. The largest absolute Gasteiger partial charge is 0.495 e. The molecule has 0 bridgehead atoms. The molecule has 2 heterocycles. The SMILES string of the molecule is COC(=O)[C@@H]1[C@H](c2cc(Cl)cc(Cl)c2OC)C([N+](=O)[O-])=C2CCCCN2[C@]1(C)O. The van der Waals surface area contributed by atoms with Gasteiger partial charge in [-0.2, -0.15) is 0 Å². The number of ether oxygens (including phenoxy) is 2. The van der Waals surface area contributed by atoms with Crippen LogP contribution in [0.1, 0.15) is 37.7 Å². The molecule has 1 saturated heterocycles. The van der Waals surface area contributed by atoms with Crippen molar-refractivity contribution in [3.63, 3.8) is 0 Å². The molecule has 1 aromatic carbocycles. The maximum absolute atomic E-state index is 12.8. The third kappa shape index (κ3) is 3.53. The van der Waals surface area contributed by atoms with Crippen molar-refractivity contribution >= 4 is 29.2 Å². The van der Waals surface area contributed by atoms with Gasteiger partial charge in [0.2, 0.25) is 0 Å². The highest BCUT2D eigenvalue weighted by atomic mass is 35.5. The first kappa shape index (κ1) is 21.7. The summed E-state index contributed by atoms with van der Waals surface area (Å²) in [4.78, 5) is 26.1. The number of esters is 1. The number of methoxy groups -OCH3 is 2. The minimum Gasteiger partial charge on any atom is -0.495 e. The highest BCUT2D eigenvalue weighted by molar-refractivity contribution is 6.35. The fourth-order valence-corrected chi connectivity index (χ4v) is 5.06. The Kier molecular flexibility index (Phi) is 5.98. The number of carbonyl (C=O) groups is 1. The number of hydrogen-bond acceptors (Lipinski definition) is 7. The number of aliphatic hydroxyl groups is 1. The number of halogens is 2. The van der Waals surface area contributed by atoms with Crippen LogP contribution in [0, 0.1) is 16.0 Å². The molecule has 29 heavy (non-hydrogen) atoms. The summed E-state index contributed by atoms with van der Waals surface area (Å²) >= 11 is 12.4. The van der Waals surface area contributed by atoms with Gasteiger partial charge in [-0.3, -0.25) is 14.9 Å². The van der Waals surface area contributed by atoms with E-state index in [9.17, 15) is 20.0 Å². The predicted molar refractivity (Wildman–Crippen MR) is 106 cm³/mol. The molecule has 2 aliphatic rings. The molecule has 1 N–H and O–H groups in total. The number of fused-ring (bicyclic) bond motifs is 1. The molecule has 0 spiro atoms. The topological polar surface area (TPSA) is 102 Å². The lowest BCUT2D eigenvalue weighted by molar-refractivity contribution is -0.439. The summed E-state index contributed by atoms with van der Waals surface area (Å²) in [5, 5.41) is 24.0. The van der Waals surface area contributed by atoms with E-state index in [0.717, 1.165) is 12.8 Å². The zero-order valence-electron chi connectivity index (χ0n) is 16.3. The Morgan fingerprint density at radius 1 is 1.34 bits per heavy atom. The minimum absolute atomic E-state index is 0.150. The maximum atomic E-state index is 12.8. The summed E-state index contributed by atoms with van der Waals surface area (Å²) < 4.78 is 10.3. The number of carbonyl (C=O) groups excluding carboxylic acids is 1. The minimum atomic E-state index is -1.72. The molecule has 0 saturated carbocycles. The van der Waals surface area contributed by atoms with Crippen LogP contribution in [0.4, 0.5) is 0 Å². The van der Waals surface area contributed by atoms with Crippen molar-refractivity contribution in [2.45, 2.75) is 37.8 Å². The molecule has 3 atom stereocenters. The molecule has 158 valence electrons. The van der Waals surface area contributed by atoms with E-state index < -0.39 is 28.5 Å². The van der Waals surface area contributed by atoms with E-state index >= 15 is 0 Å². The molecule has 8 nitrogen and oxygen atoms in total. The quantitative estimate of drug-likeness (QED) is 0.430. The molecular formula is C19H22Cl2N2O6. The smallest absolute Gasteiger partial charge is 0.314 e. The van der Waals surface area contributed by atoms with Crippen LogP contribution in [0.2, 0.25) is 10.0 Å². The van der Waals surface area contributed by atoms with Crippen LogP contribution in [0.3, 0.4) is 0 Å². The Labute approximate surface area is 178 Å². The fourth-order valence-electron chi connectivity index (χ4n) is 4.48. The molecule has 0 unspecified atom stereocenters. The lowest BCUT2D eigenvalue weighted by Gasteiger charge is -2.50. The van der Waals surface area contributed by atoms with Crippen LogP contribution < -0.4 is 4.74 Å². The van der Waals surface area contributed by atoms with Crippen LogP contribution >= 0.6 is 23.2 Å². The Bertz CT molecular complexity index is 886. The Hall–Kier alpha value is -2.03. The molecule has 0 amide bonds. The average molecular weight is 445 g/mol. The van der Waals surface area contributed by atoms with Gasteiger partial charge < -0.3 is 19.5 Å². The maximum Gasteiger partial charge on any atom is 0.314 e. The summed E-state index contributed by atoms with van der Waals surface area (Å²) in [5.41, 5.74) is -1.24. The van der Waals surface area contributed by atoms with Crippen molar-refractivity contribution in [3.05, 3.63) is 49.2 Å². The molecule has 1 fully saturated rings. The van der Waals surface area contributed by atoms with Gasteiger partial charge in [-0.15, -0.1) is 0 Å². The monoisotopic (exact) mass is 444 g/mol. The third-order valence-corrected chi connectivity index (χ3v) is 6.16. The summed E-state index contributed by atoms with van der Waals surface area (Å²) in [6.45, 7) is 1.87. The summed E-state index contributed by atoms with van der Waals surface area (Å²) in [6.07, 6.45) is 1.89. The Balaban J connectivity index is 2.39. The van der Waals surface area contributed by atoms with E-state index in [1.54, 1.807) is 4.90 Å². The highest BCUT2D eigenvalue weighted by Crippen LogP contribution is 2.52. The van der Waals surface area contributed by atoms with Crippen LogP contribution in [-0.2, 0) is 9.53 Å². The van der Waals surface area contributed by atoms with Gasteiger partial charge in [0, 0.05) is 17.1 Å². The number of nitro groups is 1. The van der Waals surface area contributed by atoms with Gasteiger partial charge in [0.05, 0.1) is 35.8 Å². The van der Waals surface area contributed by atoms with Gasteiger partial charge in [-0.05, 0) is 38.3 Å². The number of piperidine rings is 1. The number of nitrogens with zero attached hydrogens (tertiary/aromatic N) is 2. The number of hydrogen-bond donors (Lipinski definition) is 1. The van der Waals surface area contributed by atoms with Gasteiger partial charge in [-0.25, -0.2) is 0 Å². The van der Waals surface area contributed by atoms with E-state index in [2.05, 4.69) is 0 Å². The second-order valence-corrected chi connectivity index (χ2v) is 8.12. The summed E-state index contributed by atoms with van der Waals surface area (Å²) in [5.74, 6) is -3.07. The first-order valence-electron chi connectivity index (χ1n) is 9.13. The van der Waals surface area contributed by atoms with Crippen LogP contribution in [0.15, 0.2) is 23.5 Å². The Morgan fingerprint density at radius 2 is 2.03 bits per heavy atom. The summed E-state index contributed by atoms with van der Waals surface area (Å²) in [7, 11) is 2.55. The van der Waals surface area contributed by atoms with Crippen molar-refractivity contribution in [1.29, 1.82) is 0 Å². The van der Waals surface area contributed by atoms with Crippen molar-refractivity contribution in [2.24, 2.45) is 5.92 Å². The second-order valence-electron chi connectivity index (χ2n) is 7.28. The molecule has 2 aliphatic heterocycles. The third-order valence-electron chi connectivity index (χ3n) is 5.66. The predicted octanol–water partition coefficient (Wildman–Crippen LogP) is 3.57. The van der Waals surface area contributed by atoms with Crippen molar-refractivity contribution in [3.8, 4) is 5.75 Å². The zero-order chi connectivity index (χ0) is 21.5. The van der Waals surface area contributed by atoms with E-state index in [0.29, 0.717) is 18.7 Å². The number of allylic oxidation sites excluding steroid dienone is 2. The second kappa shape index (κ2) is 8.01. The van der Waals surface area contributed by atoms with E-state index in [-0.39, 0.29) is 27.1 Å². The van der Waals surface area contributed by atoms with Crippen molar-refractivity contribution in [2.75, 3.05) is 20.8 Å². The normalized spacial score (nSPS) is 26.8. The van der Waals surface area contributed by atoms with E-state index in [1.165, 1.54) is 33.3 Å². The highest BCUT2D eigenvalue weighted by Gasteiger charge is 2.59. The van der Waals surface area contributed by atoms with Crippen LogP contribution in [0.5, 0.6) is 5.75 Å². The van der Waals surface area contributed by atoms with Gasteiger partial charge >= 0.3 is 5.97 Å². The Morgan fingerprint density at radius 3 is 2.62 bits per heavy atom. The molecule has 3 rings (SSSR count). The van der Waals surface area contributed by atoms with Crippen molar-refractivity contribution < 1.29 is 24.3 Å². The molecule has 0 aromatic heterocycles. The number of benzene rings is 1. The first-order valence-corrected chi connectivity index (χ1v) is 9.88. The van der Waals surface area contributed by atoms with Crippen molar-refractivity contribution in [1.82, 2.24) is 4.90 Å². The number of rotatable bonds is 4.